The molecule has 15 heavy (non-hydrogen) atoms. The average Bonchev–Trinajstić information content (AvgIpc) is 2.45. The first-order valence-electron chi connectivity index (χ1n) is 4.40. The Balaban J connectivity index is 2.65. The number of hydrogen-bond acceptors (Lipinski definition) is 7. The number of cyclic esters (lactones) is 1. The lowest BCUT2D eigenvalue weighted by atomic mass is 10.1. The number of carbonyl (C=O) groups excluding carboxylic acids is 2. The molecule has 4 atom stereocenters. The van der Waals surface area contributed by atoms with Gasteiger partial charge in [-0.2, -0.15) is 0 Å². The maximum Gasteiger partial charge on any atom is 0.339 e. The SMILES string of the molecule is CCOC(=O)[C@@H](O)[C@H]1OC(=O)[C@H](O)[C@H]1O. The summed E-state index contributed by atoms with van der Waals surface area (Å²) in [6.07, 6.45) is -6.64. The zero-order valence-electron chi connectivity index (χ0n) is 7.99. The van der Waals surface area contributed by atoms with Crippen LogP contribution in [0.5, 0.6) is 0 Å². The Labute approximate surface area is 85.2 Å². The van der Waals surface area contributed by atoms with Gasteiger partial charge in [0.25, 0.3) is 0 Å². The smallest absolute Gasteiger partial charge is 0.339 e. The lowest BCUT2D eigenvalue weighted by molar-refractivity contribution is -0.166. The summed E-state index contributed by atoms with van der Waals surface area (Å²) in [7, 11) is 0. The molecule has 0 aromatic heterocycles. The van der Waals surface area contributed by atoms with Gasteiger partial charge >= 0.3 is 11.9 Å². The summed E-state index contributed by atoms with van der Waals surface area (Å²) in [5.74, 6) is -2.08. The van der Waals surface area contributed by atoms with Crippen molar-refractivity contribution in [1.82, 2.24) is 0 Å². The van der Waals surface area contributed by atoms with Gasteiger partial charge in [0.2, 0.25) is 0 Å². The zero-order valence-corrected chi connectivity index (χ0v) is 7.99. The van der Waals surface area contributed by atoms with E-state index < -0.39 is 36.4 Å². The molecule has 86 valence electrons. The van der Waals surface area contributed by atoms with Crippen molar-refractivity contribution in [2.75, 3.05) is 6.61 Å². The first kappa shape index (κ1) is 11.9. The van der Waals surface area contributed by atoms with Crippen LogP contribution in [0, 0.1) is 0 Å². The summed E-state index contributed by atoms with van der Waals surface area (Å²) in [4.78, 5) is 21.8. The van der Waals surface area contributed by atoms with Crippen LogP contribution in [-0.2, 0) is 19.1 Å². The quantitative estimate of drug-likeness (QED) is 0.453. The normalized spacial score (nSPS) is 32.3. The molecule has 0 spiro atoms. The average molecular weight is 220 g/mol. The molecule has 0 aromatic rings. The van der Waals surface area contributed by atoms with E-state index in [4.69, 9.17) is 5.11 Å². The van der Waals surface area contributed by atoms with Gasteiger partial charge in [-0.05, 0) is 6.92 Å². The molecule has 0 saturated carbocycles. The van der Waals surface area contributed by atoms with Gasteiger partial charge in [-0.15, -0.1) is 0 Å². The van der Waals surface area contributed by atoms with Crippen molar-refractivity contribution in [3.8, 4) is 0 Å². The van der Waals surface area contributed by atoms with E-state index in [1.54, 1.807) is 0 Å². The van der Waals surface area contributed by atoms with Crippen molar-refractivity contribution in [3.63, 3.8) is 0 Å². The molecule has 1 aliphatic heterocycles. The molecule has 0 aromatic carbocycles. The summed E-state index contributed by atoms with van der Waals surface area (Å²) in [6, 6.07) is 0. The summed E-state index contributed by atoms with van der Waals surface area (Å²) in [5.41, 5.74) is 0. The van der Waals surface area contributed by atoms with Crippen molar-refractivity contribution in [2.24, 2.45) is 0 Å². The number of aliphatic hydroxyl groups is 3. The van der Waals surface area contributed by atoms with Crippen molar-refractivity contribution >= 4 is 11.9 Å². The maximum atomic E-state index is 11.0. The number of aliphatic hydroxyl groups excluding tert-OH is 3. The molecular formula is C8H12O7. The number of esters is 2. The number of rotatable bonds is 3. The maximum absolute atomic E-state index is 11.0. The van der Waals surface area contributed by atoms with Gasteiger partial charge in [-0.25, -0.2) is 9.59 Å². The number of hydrogen-bond donors (Lipinski definition) is 3. The number of carbonyl (C=O) groups is 2. The molecular weight excluding hydrogens is 208 g/mol. The van der Waals surface area contributed by atoms with Gasteiger partial charge in [-0.3, -0.25) is 0 Å². The lowest BCUT2D eigenvalue weighted by Gasteiger charge is -2.18. The highest BCUT2D eigenvalue weighted by atomic mass is 16.6. The molecule has 0 unspecified atom stereocenters. The standard InChI is InChI=1S/C8H12O7/c1-2-14-7(12)5(11)6-3(9)4(10)8(13)15-6/h3-6,9-11H,2H2,1H3/t3-,4-,5+,6+/m1/s1. The van der Waals surface area contributed by atoms with E-state index in [9.17, 15) is 19.8 Å². The molecule has 3 N–H and O–H groups in total. The van der Waals surface area contributed by atoms with Crippen molar-refractivity contribution in [2.45, 2.75) is 31.3 Å². The van der Waals surface area contributed by atoms with Crippen LogP contribution < -0.4 is 0 Å². The van der Waals surface area contributed by atoms with Crippen LogP contribution in [-0.4, -0.2) is 58.3 Å². The molecule has 0 amide bonds. The molecule has 1 rings (SSSR count). The Hall–Kier alpha value is -1.18. The highest BCUT2D eigenvalue weighted by Crippen LogP contribution is 2.19. The molecule has 0 bridgehead atoms. The molecule has 1 heterocycles. The van der Waals surface area contributed by atoms with Gasteiger partial charge in [0.1, 0.15) is 6.10 Å². The van der Waals surface area contributed by atoms with Crippen LogP contribution in [0.4, 0.5) is 0 Å². The largest absolute Gasteiger partial charge is 0.464 e. The van der Waals surface area contributed by atoms with Crippen molar-refractivity contribution in [3.05, 3.63) is 0 Å². The van der Waals surface area contributed by atoms with Crippen molar-refractivity contribution < 1.29 is 34.4 Å². The van der Waals surface area contributed by atoms with Crippen LogP contribution in [0.1, 0.15) is 6.92 Å². The second-order valence-corrected chi connectivity index (χ2v) is 3.03. The Bertz CT molecular complexity index is 264. The van der Waals surface area contributed by atoms with Gasteiger partial charge in [0.15, 0.2) is 18.3 Å². The summed E-state index contributed by atoms with van der Waals surface area (Å²) < 4.78 is 8.89. The zero-order chi connectivity index (χ0) is 11.6. The highest BCUT2D eigenvalue weighted by Gasteiger charge is 2.48. The predicted molar refractivity (Wildman–Crippen MR) is 44.5 cm³/mol. The predicted octanol–water partition coefficient (Wildman–Crippen LogP) is -2.44. The van der Waals surface area contributed by atoms with Crippen LogP contribution in [0.2, 0.25) is 0 Å². The highest BCUT2D eigenvalue weighted by molar-refractivity contribution is 5.81. The van der Waals surface area contributed by atoms with E-state index in [1.807, 2.05) is 0 Å². The van der Waals surface area contributed by atoms with E-state index >= 15 is 0 Å². The molecule has 0 aliphatic carbocycles. The van der Waals surface area contributed by atoms with Gasteiger partial charge in [0, 0.05) is 0 Å². The molecule has 0 radical (unpaired) electrons. The fourth-order valence-corrected chi connectivity index (χ4v) is 1.21. The van der Waals surface area contributed by atoms with E-state index in [2.05, 4.69) is 9.47 Å². The minimum Gasteiger partial charge on any atom is -0.464 e. The molecule has 1 aliphatic rings. The second-order valence-electron chi connectivity index (χ2n) is 3.03. The summed E-state index contributed by atoms with van der Waals surface area (Å²) in [6.45, 7) is 1.59. The minimum atomic E-state index is -1.79. The van der Waals surface area contributed by atoms with Crippen LogP contribution in [0.15, 0.2) is 0 Å². The number of ether oxygens (including phenoxy) is 2. The molecule has 7 nitrogen and oxygen atoms in total. The van der Waals surface area contributed by atoms with E-state index in [-0.39, 0.29) is 6.61 Å². The first-order chi connectivity index (χ1) is 6.99. The van der Waals surface area contributed by atoms with Gasteiger partial charge in [-0.1, -0.05) is 0 Å². The Kier molecular flexibility index (Phi) is 3.61. The van der Waals surface area contributed by atoms with E-state index in [0.29, 0.717) is 0 Å². The van der Waals surface area contributed by atoms with Crippen LogP contribution in [0.3, 0.4) is 0 Å². The topological polar surface area (TPSA) is 113 Å². The minimum absolute atomic E-state index is 0.0508. The third-order valence-corrected chi connectivity index (χ3v) is 1.99. The summed E-state index contributed by atoms with van der Waals surface area (Å²) >= 11 is 0. The Morgan fingerprint density at radius 2 is 2.20 bits per heavy atom. The first-order valence-corrected chi connectivity index (χ1v) is 4.40. The molecule has 7 heteroatoms. The Morgan fingerprint density at radius 3 is 2.60 bits per heavy atom. The van der Waals surface area contributed by atoms with E-state index in [0.717, 1.165) is 0 Å². The molecule has 1 fully saturated rings. The van der Waals surface area contributed by atoms with Gasteiger partial charge in [0.05, 0.1) is 6.61 Å². The second kappa shape index (κ2) is 4.56. The lowest BCUT2D eigenvalue weighted by Crippen LogP contribution is -2.43. The Morgan fingerprint density at radius 1 is 1.60 bits per heavy atom. The fraction of sp³-hybridized carbons (Fsp3) is 0.750. The third kappa shape index (κ3) is 2.25. The van der Waals surface area contributed by atoms with Gasteiger partial charge < -0.3 is 24.8 Å². The third-order valence-electron chi connectivity index (χ3n) is 1.99. The van der Waals surface area contributed by atoms with E-state index in [1.165, 1.54) is 6.92 Å². The van der Waals surface area contributed by atoms with Crippen molar-refractivity contribution in [1.29, 1.82) is 0 Å². The summed E-state index contributed by atoms with van der Waals surface area (Å²) in [5, 5.41) is 27.6. The monoisotopic (exact) mass is 220 g/mol. The molecule has 1 saturated heterocycles. The van der Waals surface area contributed by atoms with Crippen LogP contribution >= 0.6 is 0 Å². The fourth-order valence-electron chi connectivity index (χ4n) is 1.21. The van der Waals surface area contributed by atoms with Crippen LogP contribution in [0.25, 0.3) is 0 Å².